The number of ether oxygens (including phenoxy) is 1. The van der Waals surface area contributed by atoms with Gasteiger partial charge in [-0.05, 0) is 50.8 Å². The van der Waals surface area contributed by atoms with Gasteiger partial charge >= 0.3 is 6.01 Å². The minimum atomic E-state index is 0.413. The van der Waals surface area contributed by atoms with Crippen LogP contribution in [-0.2, 0) is 6.54 Å². The number of hydrogen-bond acceptors (Lipinski definition) is 4. The molecule has 0 aliphatic heterocycles. The Kier molecular flexibility index (Phi) is 3.88. The first-order valence-corrected chi connectivity index (χ1v) is 7.43. The Balaban J connectivity index is 1.73. The maximum absolute atomic E-state index is 5.82. The van der Waals surface area contributed by atoms with Gasteiger partial charge in [-0.1, -0.05) is 12.1 Å². The van der Waals surface area contributed by atoms with E-state index >= 15 is 0 Å². The molecule has 1 saturated carbocycles. The van der Waals surface area contributed by atoms with Crippen molar-refractivity contribution in [3.8, 4) is 11.8 Å². The van der Waals surface area contributed by atoms with E-state index in [0.29, 0.717) is 12.1 Å². The van der Waals surface area contributed by atoms with Gasteiger partial charge in [-0.15, -0.1) is 0 Å². The lowest BCUT2D eigenvalue weighted by Gasteiger charge is -2.11. The summed E-state index contributed by atoms with van der Waals surface area (Å²) in [4.78, 5) is 8.79. The standard InChI is InChI=1S/C17H21N3O/c1-11-5-4-6-16(12(11)2)21-17-19-10-14(13(3)20-17)9-18-15-7-8-15/h4-6,10,15,18H,7-9H2,1-3H3. The molecule has 2 aromatic rings. The van der Waals surface area contributed by atoms with Crippen LogP contribution in [0, 0.1) is 20.8 Å². The maximum atomic E-state index is 5.82. The molecule has 1 aliphatic carbocycles. The molecule has 0 bridgehead atoms. The monoisotopic (exact) mass is 283 g/mol. The average molecular weight is 283 g/mol. The zero-order chi connectivity index (χ0) is 14.8. The van der Waals surface area contributed by atoms with Gasteiger partial charge in [0.2, 0.25) is 0 Å². The molecule has 1 aromatic carbocycles. The summed E-state index contributed by atoms with van der Waals surface area (Å²) in [5, 5.41) is 3.48. The average Bonchev–Trinajstić information content (AvgIpc) is 3.27. The first kappa shape index (κ1) is 14.0. The Hall–Kier alpha value is -1.94. The molecule has 4 nitrogen and oxygen atoms in total. The van der Waals surface area contributed by atoms with Gasteiger partial charge < -0.3 is 10.1 Å². The number of rotatable bonds is 5. The number of aromatic nitrogens is 2. The van der Waals surface area contributed by atoms with Gasteiger partial charge in [-0.3, -0.25) is 0 Å². The van der Waals surface area contributed by atoms with E-state index in [4.69, 9.17) is 4.74 Å². The molecular weight excluding hydrogens is 262 g/mol. The molecule has 4 heteroatoms. The summed E-state index contributed by atoms with van der Waals surface area (Å²) in [7, 11) is 0. The first-order chi connectivity index (χ1) is 10.1. The van der Waals surface area contributed by atoms with Gasteiger partial charge in [0.1, 0.15) is 5.75 Å². The lowest BCUT2D eigenvalue weighted by atomic mass is 10.1. The molecule has 1 N–H and O–H groups in total. The Morgan fingerprint density at radius 2 is 2.05 bits per heavy atom. The third-order valence-corrected chi connectivity index (χ3v) is 3.97. The van der Waals surface area contributed by atoms with Crippen molar-refractivity contribution >= 4 is 0 Å². The molecule has 110 valence electrons. The van der Waals surface area contributed by atoms with E-state index < -0.39 is 0 Å². The number of benzene rings is 1. The third kappa shape index (κ3) is 3.39. The molecule has 0 saturated heterocycles. The lowest BCUT2D eigenvalue weighted by molar-refractivity contribution is 0.435. The minimum absolute atomic E-state index is 0.413. The van der Waals surface area contributed by atoms with Crippen molar-refractivity contribution in [1.82, 2.24) is 15.3 Å². The maximum Gasteiger partial charge on any atom is 0.322 e. The number of nitrogens with zero attached hydrogens (tertiary/aromatic N) is 2. The summed E-state index contributed by atoms with van der Waals surface area (Å²) in [5.74, 6) is 0.818. The fourth-order valence-electron chi connectivity index (χ4n) is 2.17. The smallest absolute Gasteiger partial charge is 0.322 e. The zero-order valence-corrected chi connectivity index (χ0v) is 12.8. The predicted octanol–water partition coefficient (Wildman–Crippen LogP) is 3.45. The van der Waals surface area contributed by atoms with Crippen LogP contribution in [0.25, 0.3) is 0 Å². The number of hydrogen-bond donors (Lipinski definition) is 1. The van der Waals surface area contributed by atoms with Gasteiger partial charge in [0.25, 0.3) is 0 Å². The largest absolute Gasteiger partial charge is 0.424 e. The van der Waals surface area contributed by atoms with Gasteiger partial charge in [-0.25, -0.2) is 4.98 Å². The Bertz CT molecular complexity index is 650. The molecule has 0 amide bonds. The minimum Gasteiger partial charge on any atom is -0.424 e. The first-order valence-electron chi connectivity index (χ1n) is 7.43. The fourth-order valence-corrected chi connectivity index (χ4v) is 2.17. The zero-order valence-electron chi connectivity index (χ0n) is 12.8. The molecule has 21 heavy (non-hydrogen) atoms. The van der Waals surface area contributed by atoms with Crippen LogP contribution in [0.3, 0.4) is 0 Å². The van der Waals surface area contributed by atoms with Crippen molar-refractivity contribution in [3.05, 3.63) is 46.8 Å². The highest BCUT2D eigenvalue weighted by atomic mass is 16.5. The van der Waals surface area contributed by atoms with Crippen LogP contribution < -0.4 is 10.1 Å². The van der Waals surface area contributed by atoms with Crippen molar-refractivity contribution in [2.75, 3.05) is 0 Å². The molecule has 0 unspecified atom stereocenters. The van der Waals surface area contributed by atoms with E-state index in [1.165, 1.54) is 18.4 Å². The van der Waals surface area contributed by atoms with Gasteiger partial charge in [0.15, 0.2) is 0 Å². The highest BCUT2D eigenvalue weighted by Gasteiger charge is 2.20. The second kappa shape index (κ2) is 5.82. The highest BCUT2D eigenvalue weighted by Crippen LogP contribution is 2.25. The predicted molar refractivity (Wildman–Crippen MR) is 82.6 cm³/mol. The van der Waals surface area contributed by atoms with Crippen molar-refractivity contribution < 1.29 is 4.74 Å². The van der Waals surface area contributed by atoms with Crippen LogP contribution in [0.15, 0.2) is 24.4 Å². The van der Waals surface area contributed by atoms with Crippen molar-refractivity contribution in [2.24, 2.45) is 0 Å². The molecule has 3 rings (SSSR count). The highest BCUT2D eigenvalue weighted by molar-refractivity contribution is 5.39. The Labute approximate surface area is 125 Å². The van der Waals surface area contributed by atoms with Crippen molar-refractivity contribution in [2.45, 2.75) is 46.2 Å². The van der Waals surface area contributed by atoms with Gasteiger partial charge in [0.05, 0.1) is 0 Å². The normalized spacial score (nSPS) is 14.2. The van der Waals surface area contributed by atoms with Crippen LogP contribution >= 0.6 is 0 Å². The summed E-state index contributed by atoms with van der Waals surface area (Å²) in [5.41, 5.74) is 4.43. The third-order valence-electron chi connectivity index (χ3n) is 3.97. The van der Waals surface area contributed by atoms with Crippen molar-refractivity contribution in [1.29, 1.82) is 0 Å². The topological polar surface area (TPSA) is 47.0 Å². The van der Waals surface area contributed by atoms with Crippen LogP contribution in [0.1, 0.15) is 35.2 Å². The fraction of sp³-hybridized carbons (Fsp3) is 0.412. The van der Waals surface area contributed by atoms with E-state index in [0.717, 1.165) is 29.1 Å². The second-order valence-electron chi connectivity index (χ2n) is 5.72. The van der Waals surface area contributed by atoms with E-state index in [1.54, 1.807) is 0 Å². The van der Waals surface area contributed by atoms with Crippen LogP contribution in [0.5, 0.6) is 11.8 Å². The van der Waals surface area contributed by atoms with E-state index in [9.17, 15) is 0 Å². The molecule has 0 spiro atoms. The van der Waals surface area contributed by atoms with Crippen molar-refractivity contribution in [3.63, 3.8) is 0 Å². The SMILES string of the molecule is Cc1cccc(Oc2ncc(CNC3CC3)c(C)n2)c1C. The number of aryl methyl sites for hydroxylation is 2. The van der Waals surface area contributed by atoms with Crippen LogP contribution in [-0.4, -0.2) is 16.0 Å². The Morgan fingerprint density at radius 1 is 1.24 bits per heavy atom. The van der Waals surface area contributed by atoms with Gasteiger partial charge in [0, 0.05) is 30.0 Å². The van der Waals surface area contributed by atoms with Crippen LogP contribution in [0.4, 0.5) is 0 Å². The molecule has 0 atom stereocenters. The molecular formula is C17H21N3O. The molecule has 1 aromatic heterocycles. The van der Waals surface area contributed by atoms with E-state index in [-0.39, 0.29) is 0 Å². The van der Waals surface area contributed by atoms with Crippen LogP contribution in [0.2, 0.25) is 0 Å². The summed E-state index contributed by atoms with van der Waals surface area (Å²) >= 11 is 0. The van der Waals surface area contributed by atoms with Gasteiger partial charge in [-0.2, -0.15) is 4.98 Å². The molecule has 1 heterocycles. The second-order valence-corrected chi connectivity index (χ2v) is 5.72. The summed E-state index contributed by atoms with van der Waals surface area (Å²) in [6, 6.07) is 7.11. The molecule has 1 fully saturated rings. The summed E-state index contributed by atoms with van der Waals surface area (Å²) in [6.07, 6.45) is 4.43. The van der Waals surface area contributed by atoms with E-state index in [1.807, 2.05) is 32.2 Å². The Morgan fingerprint density at radius 3 is 2.76 bits per heavy atom. The number of nitrogens with one attached hydrogen (secondary N) is 1. The molecule has 1 aliphatic rings. The molecule has 0 radical (unpaired) electrons. The lowest BCUT2D eigenvalue weighted by Crippen LogP contribution is -2.16. The van der Waals surface area contributed by atoms with E-state index in [2.05, 4.69) is 28.3 Å². The summed E-state index contributed by atoms with van der Waals surface area (Å²) in [6.45, 7) is 6.95. The quantitative estimate of drug-likeness (QED) is 0.913. The summed E-state index contributed by atoms with van der Waals surface area (Å²) < 4.78 is 5.82.